The van der Waals surface area contributed by atoms with Crippen molar-refractivity contribution in [3.8, 4) is 23.0 Å². The van der Waals surface area contributed by atoms with Crippen molar-refractivity contribution in [1.29, 1.82) is 0 Å². The van der Waals surface area contributed by atoms with Crippen molar-refractivity contribution in [2.45, 2.75) is 33.9 Å². The molecule has 41 heavy (non-hydrogen) atoms. The van der Waals surface area contributed by atoms with Crippen LogP contribution in [0.5, 0.6) is 23.0 Å². The first-order valence-electron chi connectivity index (χ1n) is 14.1. The first kappa shape index (κ1) is 23.8. The molecule has 0 N–H and O–H groups in total. The fourth-order valence-corrected chi connectivity index (χ4v) is 6.52. The molecule has 8 rings (SSSR count). The summed E-state index contributed by atoms with van der Waals surface area (Å²) in [6.07, 6.45) is 6.08. The minimum absolute atomic E-state index is 0.666. The van der Waals surface area contributed by atoms with Crippen LogP contribution in [0.1, 0.15) is 32.0 Å². The van der Waals surface area contributed by atoms with Gasteiger partial charge in [0.2, 0.25) is 0 Å². The zero-order valence-corrected chi connectivity index (χ0v) is 23.2. The van der Waals surface area contributed by atoms with E-state index in [9.17, 15) is 0 Å². The van der Waals surface area contributed by atoms with E-state index in [1.165, 1.54) is 10.9 Å². The zero-order valence-electron chi connectivity index (χ0n) is 23.2. The molecule has 200 valence electrons. The maximum Gasteiger partial charge on any atom is 0.163 e. The van der Waals surface area contributed by atoms with Gasteiger partial charge in [-0.05, 0) is 57.2 Å². The average molecular weight is 537 g/mol. The molecule has 0 saturated heterocycles. The highest BCUT2D eigenvalue weighted by molar-refractivity contribution is 6.13. The Labute approximate surface area is 236 Å². The third-order valence-corrected chi connectivity index (χ3v) is 8.22. The van der Waals surface area contributed by atoms with Crippen LogP contribution >= 0.6 is 0 Å². The highest BCUT2D eigenvalue weighted by atomic mass is 16.5. The number of aryl methyl sites for hydroxylation is 2. The lowest BCUT2D eigenvalue weighted by molar-refractivity contribution is 0.456. The number of aromatic nitrogens is 2. The largest absolute Gasteiger partial charge is 0.452 e. The molecule has 2 aliphatic rings. The predicted molar refractivity (Wildman–Crippen MR) is 166 cm³/mol. The maximum atomic E-state index is 6.64. The molecular formula is C35H28N4O2. The van der Waals surface area contributed by atoms with Crippen LogP contribution in [0.3, 0.4) is 0 Å². The number of hydrogen-bond donors (Lipinski definition) is 0. The second kappa shape index (κ2) is 8.70. The number of fused-ring (bicyclic) bond motifs is 10. The van der Waals surface area contributed by atoms with Crippen molar-refractivity contribution >= 4 is 56.2 Å². The van der Waals surface area contributed by atoms with Gasteiger partial charge in [-0.1, -0.05) is 36.9 Å². The molecule has 4 heterocycles. The van der Waals surface area contributed by atoms with Gasteiger partial charge in [-0.15, -0.1) is 0 Å². The van der Waals surface area contributed by atoms with Crippen LogP contribution in [0.25, 0.3) is 44.9 Å². The summed E-state index contributed by atoms with van der Waals surface area (Å²) < 4.78 is 17.9. The first-order valence-corrected chi connectivity index (χ1v) is 14.1. The van der Waals surface area contributed by atoms with Crippen LogP contribution in [0, 0.1) is 0 Å². The van der Waals surface area contributed by atoms with Gasteiger partial charge in [0, 0.05) is 47.4 Å². The van der Waals surface area contributed by atoms with E-state index in [1.54, 1.807) is 0 Å². The van der Waals surface area contributed by atoms with Gasteiger partial charge < -0.3 is 18.6 Å². The van der Waals surface area contributed by atoms with Crippen molar-refractivity contribution in [3.63, 3.8) is 0 Å². The van der Waals surface area contributed by atoms with E-state index < -0.39 is 0 Å². The molecular weight excluding hydrogens is 508 g/mol. The Bertz CT molecular complexity index is 2270. The van der Waals surface area contributed by atoms with E-state index in [0.29, 0.717) is 11.5 Å². The lowest BCUT2D eigenvalue weighted by Crippen LogP contribution is -2.18. The second-order valence-corrected chi connectivity index (χ2v) is 10.3. The van der Waals surface area contributed by atoms with Crippen molar-refractivity contribution in [3.05, 3.63) is 95.3 Å². The smallest absolute Gasteiger partial charge is 0.163 e. The molecule has 0 spiro atoms. The van der Waals surface area contributed by atoms with E-state index in [4.69, 9.17) is 19.5 Å². The van der Waals surface area contributed by atoms with Crippen LogP contribution in [0.15, 0.2) is 83.3 Å². The highest BCUT2D eigenvalue weighted by Crippen LogP contribution is 2.47. The summed E-state index contributed by atoms with van der Waals surface area (Å²) in [4.78, 5) is 10.1. The summed E-state index contributed by atoms with van der Waals surface area (Å²) >= 11 is 0. The van der Waals surface area contributed by atoms with Crippen molar-refractivity contribution in [2.24, 2.45) is 9.98 Å². The maximum absolute atomic E-state index is 6.64. The van der Waals surface area contributed by atoms with E-state index in [0.717, 1.165) is 79.7 Å². The summed E-state index contributed by atoms with van der Waals surface area (Å²) in [6, 6.07) is 20.7. The second-order valence-electron chi connectivity index (χ2n) is 10.3. The van der Waals surface area contributed by atoms with Gasteiger partial charge in [0.15, 0.2) is 23.0 Å². The van der Waals surface area contributed by atoms with E-state index in [-0.39, 0.29) is 0 Å². The highest BCUT2D eigenvalue weighted by Gasteiger charge is 2.25. The summed E-state index contributed by atoms with van der Waals surface area (Å²) in [6.45, 7) is 12.1. The summed E-state index contributed by atoms with van der Waals surface area (Å²) in [7, 11) is 0. The number of allylic oxidation sites excluding steroid dienone is 1. The molecule has 0 radical (unpaired) electrons. The molecule has 0 aliphatic carbocycles. The average Bonchev–Trinajstić information content (AvgIpc) is 3.50. The summed E-state index contributed by atoms with van der Waals surface area (Å²) in [5.41, 5.74) is 7.20. The van der Waals surface area contributed by atoms with Gasteiger partial charge in [-0.3, -0.25) is 0 Å². The molecule has 0 unspecified atom stereocenters. The van der Waals surface area contributed by atoms with Gasteiger partial charge in [0.05, 0.1) is 21.8 Å². The third kappa shape index (κ3) is 3.19. The SMILES string of the molecule is C=Cc1c(/C=C\C)c2c3c(ccc2n1CC)N=c1cc2c(cc1O3)=Nc1ccc3c(c1O2)c1ccccc1n3CC. The standard InChI is InChI=1S/C35H28N4O2/c1-5-11-20-26(6-2)38(7-3)28-16-14-22-34(32(20)28)40-30-18-25-31(19-24(30)36-22)41-35-23(37-25)15-17-29-33(35)21-12-9-10-13-27(21)39(29)8-4/h5-6,9-19H,2,7-8H2,1,3-4H3/b11-5-. The number of hydrogen-bond acceptors (Lipinski definition) is 4. The number of ether oxygens (including phenoxy) is 2. The number of benzene rings is 4. The molecule has 0 amide bonds. The Hall–Kier alpha value is -5.10. The number of para-hydroxylation sites is 1. The number of nitrogens with zero attached hydrogens (tertiary/aromatic N) is 4. The minimum Gasteiger partial charge on any atom is -0.452 e. The molecule has 0 saturated carbocycles. The van der Waals surface area contributed by atoms with Gasteiger partial charge in [-0.25, -0.2) is 9.98 Å². The first-order chi connectivity index (χ1) is 20.1. The molecule has 6 heteroatoms. The van der Waals surface area contributed by atoms with Crippen LogP contribution in [0.4, 0.5) is 11.4 Å². The molecule has 0 bridgehead atoms. The van der Waals surface area contributed by atoms with E-state index in [1.807, 2.05) is 43.3 Å². The lowest BCUT2D eigenvalue weighted by Gasteiger charge is -2.19. The van der Waals surface area contributed by atoms with Crippen LogP contribution in [-0.4, -0.2) is 9.13 Å². The van der Waals surface area contributed by atoms with Gasteiger partial charge in [-0.2, -0.15) is 0 Å². The van der Waals surface area contributed by atoms with Gasteiger partial charge >= 0.3 is 0 Å². The fourth-order valence-electron chi connectivity index (χ4n) is 6.52. The Morgan fingerprint density at radius 1 is 0.756 bits per heavy atom. The van der Waals surface area contributed by atoms with Gasteiger partial charge in [0.1, 0.15) is 22.1 Å². The molecule has 0 atom stereocenters. The van der Waals surface area contributed by atoms with Gasteiger partial charge in [0.25, 0.3) is 0 Å². The monoisotopic (exact) mass is 536 g/mol. The summed E-state index contributed by atoms with van der Waals surface area (Å²) in [5, 5.41) is 4.75. The Morgan fingerprint density at radius 3 is 1.98 bits per heavy atom. The number of rotatable bonds is 4. The van der Waals surface area contributed by atoms with Crippen LogP contribution in [0.2, 0.25) is 0 Å². The van der Waals surface area contributed by atoms with Crippen molar-refractivity contribution < 1.29 is 9.47 Å². The van der Waals surface area contributed by atoms with E-state index >= 15 is 0 Å². The topological polar surface area (TPSA) is 53.0 Å². The molecule has 0 fully saturated rings. The van der Waals surface area contributed by atoms with E-state index in [2.05, 4.69) is 72.0 Å². The molecule has 2 aliphatic heterocycles. The molecule has 2 aromatic heterocycles. The van der Waals surface area contributed by atoms with Crippen LogP contribution < -0.4 is 20.2 Å². The molecule has 6 nitrogen and oxygen atoms in total. The molecule has 6 aromatic rings. The predicted octanol–water partition coefficient (Wildman–Crippen LogP) is 8.58. The third-order valence-electron chi connectivity index (χ3n) is 8.22. The van der Waals surface area contributed by atoms with Crippen LogP contribution in [-0.2, 0) is 13.1 Å². The Kier molecular flexibility index (Phi) is 5.04. The zero-order chi connectivity index (χ0) is 27.8. The summed E-state index contributed by atoms with van der Waals surface area (Å²) in [5.74, 6) is 2.88. The lowest BCUT2D eigenvalue weighted by atomic mass is 10.1. The Balaban J connectivity index is 1.33. The Morgan fingerprint density at radius 2 is 1.37 bits per heavy atom. The fraction of sp³-hybridized carbons (Fsp3) is 0.143. The molecule has 4 aromatic carbocycles. The van der Waals surface area contributed by atoms with Crippen molar-refractivity contribution in [2.75, 3.05) is 0 Å². The normalized spacial score (nSPS) is 13.2. The minimum atomic E-state index is 0.666. The van der Waals surface area contributed by atoms with Crippen molar-refractivity contribution in [1.82, 2.24) is 9.13 Å². The quantitative estimate of drug-likeness (QED) is 0.226.